The molecule has 6 nitrogen and oxygen atoms in total. The minimum Gasteiger partial charge on any atom is -0.464 e. The van der Waals surface area contributed by atoms with Crippen LogP contribution < -0.4 is 5.32 Å². The predicted molar refractivity (Wildman–Crippen MR) is 124 cm³/mol. The number of esters is 1. The molecule has 2 rings (SSSR count). The van der Waals surface area contributed by atoms with Crippen molar-refractivity contribution in [1.82, 2.24) is 10.2 Å². The number of ether oxygens (including phenoxy) is 1. The minimum atomic E-state index is -0.783. The molecule has 0 bridgehead atoms. The second-order valence-electron chi connectivity index (χ2n) is 7.49. The summed E-state index contributed by atoms with van der Waals surface area (Å²) in [7, 11) is 3.47. The van der Waals surface area contributed by atoms with Crippen LogP contribution in [-0.2, 0) is 20.7 Å². The highest BCUT2D eigenvalue weighted by Gasteiger charge is 2.23. The third kappa shape index (κ3) is 8.27. The average Bonchev–Trinajstić information content (AvgIpc) is 2.79. The molecule has 2 aromatic rings. The van der Waals surface area contributed by atoms with Crippen LogP contribution in [0, 0.1) is 11.8 Å². The maximum atomic E-state index is 12.8. The van der Waals surface area contributed by atoms with E-state index < -0.39 is 12.0 Å². The number of hydrogen-bond acceptors (Lipinski definition) is 4. The van der Waals surface area contributed by atoms with Gasteiger partial charge < -0.3 is 15.0 Å². The molecule has 168 valence electrons. The van der Waals surface area contributed by atoms with Crippen LogP contribution in [0.1, 0.15) is 47.7 Å². The van der Waals surface area contributed by atoms with Crippen LogP contribution in [0.5, 0.6) is 0 Å². The SMILES string of the molecule is CCOC(=O)[C@@H](Cc1ccccc1)NC(=O)c1cccc(C#CCCCC(=O)N(C)C)c1. The number of nitrogens with zero attached hydrogens (tertiary/aromatic N) is 1. The second-order valence-corrected chi connectivity index (χ2v) is 7.49. The summed E-state index contributed by atoms with van der Waals surface area (Å²) in [6.45, 7) is 1.98. The lowest BCUT2D eigenvalue weighted by Gasteiger charge is -2.17. The zero-order valence-corrected chi connectivity index (χ0v) is 18.9. The number of rotatable bonds is 9. The van der Waals surface area contributed by atoms with Gasteiger partial charge in [0, 0.05) is 44.5 Å². The van der Waals surface area contributed by atoms with Crippen LogP contribution in [0.3, 0.4) is 0 Å². The van der Waals surface area contributed by atoms with Gasteiger partial charge in [0.15, 0.2) is 0 Å². The minimum absolute atomic E-state index is 0.0807. The smallest absolute Gasteiger partial charge is 0.328 e. The molecule has 0 unspecified atom stereocenters. The average molecular weight is 435 g/mol. The van der Waals surface area contributed by atoms with Gasteiger partial charge in [0.05, 0.1) is 6.61 Å². The molecule has 0 aliphatic rings. The maximum absolute atomic E-state index is 12.8. The van der Waals surface area contributed by atoms with Crippen molar-refractivity contribution in [2.24, 2.45) is 0 Å². The standard InChI is InChI=1S/C26H30N2O4/c1-4-32-26(31)23(19-21-13-7-5-8-14-21)27-25(30)22-16-11-15-20(18-22)12-9-6-10-17-24(29)28(2)3/h5,7-8,11,13-16,18,23H,4,6,10,17,19H2,1-3H3,(H,27,30)/t23-/m1/s1. The fourth-order valence-electron chi connectivity index (χ4n) is 2.98. The molecule has 6 heteroatoms. The van der Waals surface area contributed by atoms with Gasteiger partial charge in [-0.1, -0.05) is 48.2 Å². The van der Waals surface area contributed by atoms with Gasteiger partial charge in [-0.15, -0.1) is 0 Å². The van der Waals surface area contributed by atoms with Crippen molar-refractivity contribution < 1.29 is 19.1 Å². The van der Waals surface area contributed by atoms with Crippen molar-refractivity contribution in [3.8, 4) is 11.8 Å². The lowest BCUT2D eigenvalue weighted by atomic mass is 10.0. The number of amides is 2. The fraction of sp³-hybridized carbons (Fsp3) is 0.346. The number of benzene rings is 2. The van der Waals surface area contributed by atoms with Crippen molar-refractivity contribution in [2.45, 2.75) is 38.6 Å². The van der Waals surface area contributed by atoms with Gasteiger partial charge in [0.25, 0.3) is 5.91 Å². The quantitative estimate of drug-likeness (QED) is 0.374. The Morgan fingerprint density at radius 2 is 1.81 bits per heavy atom. The molecule has 0 saturated carbocycles. The van der Waals surface area contributed by atoms with Gasteiger partial charge in [-0.3, -0.25) is 9.59 Å². The Labute approximate surface area is 190 Å². The predicted octanol–water partition coefficient (Wildman–Crippen LogP) is 3.20. The molecule has 1 atom stereocenters. The zero-order valence-electron chi connectivity index (χ0n) is 18.9. The van der Waals surface area contributed by atoms with Crippen LogP contribution in [0.15, 0.2) is 54.6 Å². The highest BCUT2D eigenvalue weighted by Crippen LogP contribution is 2.09. The fourth-order valence-corrected chi connectivity index (χ4v) is 2.98. The Balaban J connectivity index is 2.02. The van der Waals surface area contributed by atoms with Crippen LogP contribution in [0.25, 0.3) is 0 Å². The van der Waals surface area contributed by atoms with E-state index in [1.165, 1.54) is 0 Å². The molecule has 2 amide bonds. The van der Waals surface area contributed by atoms with Crippen molar-refractivity contribution in [1.29, 1.82) is 0 Å². The van der Waals surface area contributed by atoms with E-state index in [9.17, 15) is 14.4 Å². The highest BCUT2D eigenvalue weighted by atomic mass is 16.5. The van der Waals surface area contributed by atoms with E-state index in [0.717, 1.165) is 5.56 Å². The Morgan fingerprint density at radius 3 is 2.50 bits per heavy atom. The molecule has 0 aliphatic carbocycles. The monoisotopic (exact) mass is 434 g/mol. The number of carbonyl (C=O) groups excluding carboxylic acids is 3. The lowest BCUT2D eigenvalue weighted by molar-refractivity contribution is -0.145. The largest absolute Gasteiger partial charge is 0.464 e. The second kappa shape index (κ2) is 13.0. The van der Waals surface area contributed by atoms with Crippen LogP contribution >= 0.6 is 0 Å². The summed E-state index contributed by atoms with van der Waals surface area (Å²) >= 11 is 0. The van der Waals surface area contributed by atoms with Gasteiger partial charge >= 0.3 is 5.97 Å². The van der Waals surface area contributed by atoms with Gasteiger partial charge in [-0.2, -0.15) is 0 Å². The molecule has 0 fully saturated rings. The number of unbranched alkanes of at least 4 members (excludes halogenated alkanes) is 1. The molecular weight excluding hydrogens is 404 g/mol. The van der Waals surface area contributed by atoms with E-state index in [2.05, 4.69) is 17.2 Å². The summed E-state index contributed by atoms with van der Waals surface area (Å²) in [5.41, 5.74) is 2.05. The summed E-state index contributed by atoms with van der Waals surface area (Å²) in [5.74, 6) is 5.33. The third-order valence-electron chi connectivity index (χ3n) is 4.71. The molecule has 0 heterocycles. The Bertz CT molecular complexity index is 974. The van der Waals surface area contributed by atoms with E-state index in [-0.39, 0.29) is 18.4 Å². The first-order chi connectivity index (χ1) is 15.4. The van der Waals surface area contributed by atoms with Gasteiger partial charge in [0.2, 0.25) is 5.91 Å². The van der Waals surface area contributed by atoms with Gasteiger partial charge in [-0.25, -0.2) is 4.79 Å². The first-order valence-corrected chi connectivity index (χ1v) is 10.7. The topological polar surface area (TPSA) is 75.7 Å². The molecular formula is C26H30N2O4. The van der Waals surface area contributed by atoms with E-state index in [0.29, 0.717) is 36.8 Å². The molecule has 0 saturated heterocycles. The van der Waals surface area contributed by atoms with E-state index in [1.54, 1.807) is 44.1 Å². The van der Waals surface area contributed by atoms with Crippen molar-refractivity contribution >= 4 is 17.8 Å². The van der Waals surface area contributed by atoms with Crippen LogP contribution in [0.2, 0.25) is 0 Å². The summed E-state index contributed by atoms with van der Waals surface area (Å²) in [5, 5.41) is 2.79. The summed E-state index contributed by atoms with van der Waals surface area (Å²) in [6, 6.07) is 15.6. The highest BCUT2D eigenvalue weighted by molar-refractivity contribution is 5.97. The molecule has 0 aliphatic heterocycles. The van der Waals surface area contributed by atoms with Crippen molar-refractivity contribution in [3.05, 3.63) is 71.3 Å². The first kappa shape index (κ1) is 24.7. The maximum Gasteiger partial charge on any atom is 0.328 e. The molecule has 0 aromatic heterocycles. The van der Waals surface area contributed by atoms with Crippen LogP contribution in [-0.4, -0.2) is 49.4 Å². The Morgan fingerprint density at radius 1 is 1.06 bits per heavy atom. The number of carbonyl (C=O) groups is 3. The molecule has 32 heavy (non-hydrogen) atoms. The van der Waals surface area contributed by atoms with E-state index >= 15 is 0 Å². The molecule has 0 spiro atoms. The van der Waals surface area contributed by atoms with Crippen molar-refractivity contribution in [2.75, 3.05) is 20.7 Å². The Hall–Kier alpha value is -3.59. The first-order valence-electron chi connectivity index (χ1n) is 10.7. The van der Waals surface area contributed by atoms with E-state index in [1.807, 2.05) is 36.4 Å². The third-order valence-corrected chi connectivity index (χ3v) is 4.71. The van der Waals surface area contributed by atoms with Crippen LogP contribution in [0.4, 0.5) is 0 Å². The Kier molecular flexibility index (Phi) is 9.99. The lowest BCUT2D eigenvalue weighted by Crippen LogP contribution is -2.43. The van der Waals surface area contributed by atoms with Crippen molar-refractivity contribution in [3.63, 3.8) is 0 Å². The summed E-state index contributed by atoms with van der Waals surface area (Å²) < 4.78 is 5.14. The zero-order chi connectivity index (χ0) is 23.3. The van der Waals surface area contributed by atoms with Gasteiger partial charge in [0.1, 0.15) is 6.04 Å². The normalized spacial score (nSPS) is 11.0. The number of nitrogens with one attached hydrogen (secondary N) is 1. The molecule has 1 N–H and O–H groups in total. The summed E-state index contributed by atoms with van der Waals surface area (Å²) in [4.78, 5) is 38.4. The molecule has 2 aromatic carbocycles. The van der Waals surface area contributed by atoms with E-state index in [4.69, 9.17) is 4.74 Å². The summed E-state index contributed by atoms with van der Waals surface area (Å²) in [6.07, 6.45) is 2.08. The molecule has 0 radical (unpaired) electrons. The number of hydrogen-bond donors (Lipinski definition) is 1. The van der Waals surface area contributed by atoms with Gasteiger partial charge in [-0.05, 0) is 37.1 Å².